The minimum Gasteiger partial charge on any atom is -0.449 e. The molecule has 0 saturated heterocycles. The zero-order valence-electron chi connectivity index (χ0n) is 11.8. The predicted molar refractivity (Wildman–Crippen MR) is 72.3 cm³/mol. The predicted octanol–water partition coefficient (Wildman–Crippen LogP) is 3.64. The Morgan fingerprint density at radius 2 is 1.85 bits per heavy atom. The highest BCUT2D eigenvalue weighted by molar-refractivity contribution is 6.57. The van der Waals surface area contributed by atoms with E-state index in [0.717, 1.165) is 0 Å². The van der Waals surface area contributed by atoms with Crippen molar-refractivity contribution in [2.24, 2.45) is 0 Å². The van der Waals surface area contributed by atoms with Gasteiger partial charge in [0.1, 0.15) is 5.60 Å². The van der Waals surface area contributed by atoms with E-state index in [9.17, 15) is 17.7 Å². The fourth-order valence-corrected chi connectivity index (χ4v) is 1.62. The maximum Gasteiger partial charge on any atom is 0.482 e. The second-order valence-corrected chi connectivity index (χ2v) is 5.59. The lowest BCUT2D eigenvalue weighted by Gasteiger charge is -2.20. The molecule has 20 heavy (non-hydrogen) atoms. The molecular weight excluding hydrogens is 270 g/mol. The molecule has 1 rings (SSSR count). The first-order valence-electron chi connectivity index (χ1n) is 6.31. The van der Waals surface area contributed by atoms with Crippen molar-refractivity contribution in [2.75, 3.05) is 0 Å². The highest BCUT2D eigenvalue weighted by Crippen LogP contribution is 2.17. The summed E-state index contributed by atoms with van der Waals surface area (Å²) in [4.78, 5) is 11.4. The van der Waals surface area contributed by atoms with Crippen molar-refractivity contribution in [2.45, 2.75) is 39.2 Å². The quantitative estimate of drug-likeness (QED) is 0.859. The Labute approximate surface area is 116 Å². The van der Waals surface area contributed by atoms with Gasteiger partial charge in [-0.3, -0.25) is 0 Å². The highest BCUT2D eigenvalue weighted by Gasteiger charge is 2.23. The molecule has 0 saturated carbocycles. The summed E-state index contributed by atoms with van der Waals surface area (Å²) < 4.78 is 42.1. The van der Waals surface area contributed by atoms with Crippen LogP contribution in [0.3, 0.4) is 0 Å². The Morgan fingerprint density at radius 3 is 2.40 bits per heavy atom. The van der Waals surface area contributed by atoms with Crippen LogP contribution >= 0.6 is 0 Å². The summed E-state index contributed by atoms with van der Waals surface area (Å²) in [6, 6.07) is 6.06. The summed E-state index contributed by atoms with van der Waals surface area (Å²) in [6.45, 7) is 0.481. The first kappa shape index (κ1) is 16.4. The smallest absolute Gasteiger partial charge is 0.449 e. The fraction of sp³-hybridized carbons (Fsp3) is 0.462. The number of ether oxygens (including phenoxy) is 1. The van der Waals surface area contributed by atoms with E-state index in [0.29, 0.717) is 5.56 Å². The van der Waals surface area contributed by atoms with Crippen LogP contribution in [-0.2, 0) is 17.6 Å². The molecule has 0 aliphatic carbocycles. The molecule has 1 aromatic rings. The topological polar surface area (TPSA) is 38.3 Å². The highest BCUT2D eigenvalue weighted by atomic mass is 19.4. The van der Waals surface area contributed by atoms with E-state index < -0.39 is 25.0 Å². The van der Waals surface area contributed by atoms with Crippen LogP contribution in [0.25, 0.3) is 0 Å². The summed E-state index contributed by atoms with van der Waals surface area (Å²) in [6.07, 6.45) is -1.51. The van der Waals surface area contributed by atoms with E-state index in [1.807, 2.05) is 0 Å². The van der Waals surface area contributed by atoms with Gasteiger partial charge in [0, 0.05) is 6.54 Å². The van der Waals surface area contributed by atoms with Gasteiger partial charge >= 0.3 is 13.1 Å². The first-order valence-corrected chi connectivity index (χ1v) is 6.31. The van der Waals surface area contributed by atoms with Crippen LogP contribution in [0.5, 0.6) is 0 Å². The Bertz CT molecular complexity index is 469. The van der Waals surface area contributed by atoms with Gasteiger partial charge in [-0.15, -0.1) is 0 Å². The van der Waals surface area contributed by atoms with E-state index in [-0.39, 0.29) is 12.1 Å². The molecular formula is C13H18BF3NO2-. The third-order valence-electron chi connectivity index (χ3n) is 2.29. The first-order chi connectivity index (χ1) is 9.05. The van der Waals surface area contributed by atoms with E-state index in [4.69, 9.17) is 4.74 Å². The minimum atomic E-state index is -4.86. The average molecular weight is 288 g/mol. The number of alkyl carbamates (subject to hydrolysis) is 1. The molecule has 0 atom stereocenters. The summed E-state index contributed by atoms with van der Waals surface area (Å²) in [5.74, 6) is 0. The SMILES string of the molecule is CC(C)(C)OC(=O)NCc1cccc(C[B-](F)(F)F)c1. The number of carbonyl (C=O) groups excluding carboxylic acids is 1. The molecule has 0 aliphatic rings. The van der Waals surface area contributed by atoms with Crippen molar-refractivity contribution in [1.82, 2.24) is 5.32 Å². The van der Waals surface area contributed by atoms with Crippen molar-refractivity contribution in [3.63, 3.8) is 0 Å². The van der Waals surface area contributed by atoms with Gasteiger partial charge in [-0.05, 0) is 26.3 Å². The van der Waals surface area contributed by atoms with Crippen molar-refractivity contribution in [3.05, 3.63) is 35.4 Å². The van der Waals surface area contributed by atoms with Gasteiger partial charge in [-0.25, -0.2) is 4.79 Å². The number of nitrogens with one attached hydrogen (secondary N) is 1. The third-order valence-corrected chi connectivity index (χ3v) is 2.29. The van der Waals surface area contributed by atoms with Gasteiger partial charge in [-0.1, -0.05) is 36.1 Å². The fourth-order valence-electron chi connectivity index (χ4n) is 1.62. The second kappa shape index (κ2) is 6.20. The number of amides is 1. The lowest BCUT2D eigenvalue weighted by atomic mass is 9.81. The summed E-state index contributed by atoms with van der Waals surface area (Å²) in [5, 5.41) is 2.51. The van der Waals surface area contributed by atoms with E-state index in [2.05, 4.69) is 5.32 Å². The van der Waals surface area contributed by atoms with Crippen molar-refractivity contribution in [1.29, 1.82) is 0 Å². The lowest BCUT2D eigenvalue weighted by Crippen LogP contribution is -2.32. The van der Waals surface area contributed by atoms with Gasteiger partial charge in [0.15, 0.2) is 0 Å². The number of halogens is 3. The third kappa shape index (κ3) is 7.06. The molecule has 7 heteroatoms. The van der Waals surface area contributed by atoms with Crippen molar-refractivity contribution < 1.29 is 22.5 Å². The van der Waals surface area contributed by atoms with Gasteiger partial charge < -0.3 is 23.0 Å². The van der Waals surface area contributed by atoms with Gasteiger partial charge in [0.05, 0.1) is 0 Å². The summed E-state index contributed by atoms with van der Waals surface area (Å²) >= 11 is 0. The number of hydrogen-bond donors (Lipinski definition) is 1. The normalized spacial score (nSPS) is 12.1. The minimum absolute atomic E-state index is 0.133. The maximum atomic E-state index is 12.3. The monoisotopic (exact) mass is 288 g/mol. The Balaban J connectivity index is 2.57. The molecule has 1 aromatic carbocycles. The van der Waals surface area contributed by atoms with Crippen molar-refractivity contribution in [3.8, 4) is 0 Å². The van der Waals surface area contributed by atoms with Crippen molar-refractivity contribution >= 4 is 13.1 Å². The van der Waals surface area contributed by atoms with Crippen LogP contribution in [0.2, 0.25) is 0 Å². The van der Waals surface area contributed by atoms with Gasteiger partial charge in [-0.2, -0.15) is 0 Å². The molecule has 112 valence electrons. The Hall–Kier alpha value is -1.66. The summed E-state index contributed by atoms with van der Waals surface area (Å²) in [7, 11) is 0. The van der Waals surface area contributed by atoms with E-state index in [1.54, 1.807) is 32.9 Å². The molecule has 1 amide bonds. The number of hydrogen-bond acceptors (Lipinski definition) is 2. The lowest BCUT2D eigenvalue weighted by molar-refractivity contribution is 0.0523. The summed E-state index contributed by atoms with van der Waals surface area (Å²) in [5.41, 5.74) is 0.194. The van der Waals surface area contributed by atoms with Gasteiger partial charge in [0.2, 0.25) is 0 Å². The number of benzene rings is 1. The molecule has 0 radical (unpaired) electrons. The van der Waals surface area contributed by atoms with Gasteiger partial charge in [0.25, 0.3) is 0 Å². The van der Waals surface area contributed by atoms with Crippen LogP contribution in [0, 0.1) is 0 Å². The van der Waals surface area contributed by atoms with Crippen LogP contribution < -0.4 is 5.32 Å². The van der Waals surface area contributed by atoms with Crippen LogP contribution in [-0.4, -0.2) is 18.7 Å². The number of carbonyl (C=O) groups is 1. The molecule has 3 nitrogen and oxygen atoms in total. The van der Waals surface area contributed by atoms with E-state index >= 15 is 0 Å². The zero-order valence-corrected chi connectivity index (χ0v) is 11.8. The molecule has 0 heterocycles. The largest absolute Gasteiger partial charge is 0.482 e. The molecule has 0 aromatic heterocycles. The zero-order chi connectivity index (χ0) is 15.4. The van der Waals surface area contributed by atoms with E-state index in [1.165, 1.54) is 12.1 Å². The molecule has 0 unspecified atom stereocenters. The Morgan fingerprint density at radius 1 is 1.25 bits per heavy atom. The average Bonchev–Trinajstić information content (AvgIpc) is 2.22. The molecule has 0 spiro atoms. The number of rotatable bonds is 4. The molecule has 0 bridgehead atoms. The molecule has 1 N–H and O–H groups in total. The van der Waals surface area contributed by atoms with Crippen LogP contribution in [0.1, 0.15) is 31.9 Å². The molecule has 0 fully saturated rings. The maximum absolute atomic E-state index is 12.3. The Kier molecular flexibility index (Phi) is 5.08. The second-order valence-electron chi connectivity index (χ2n) is 5.59. The van der Waals surface area contributed by atoms with Crippen LogP contribution in [0.4, 0.5) is 17.7 Å². The van der Waals surface area contributed by atoms with Crippen LogP contribution in [0.15, 0.2) is 24.3 Å². The molecule has 0 aliphatic heterocycles. The standard InChI is InChI=1S/C13H18BF3NO2/c1-13(2,3)20-12(19)18-9-11-6-4-5-10(7-11)8-14(15,16)17/h4-7H,8-9H2,1-3H3,(H,18,19)/q-1.